The van der Waals surface area contributed by atoms with Crippen molar-refractivity contribution in [3.8, 4) is 5.75 Å². The number of ether oxygens (including phenoxy) is 2. The van der Waals surface area contributed by atoms with Crippen LogP contribution >= 0.6 is 11.6 Å². The van der Waals surface area contributed by atoms with Crippen LogP contribution in [0.2, 0.25) is 5.02 Å². The van der Waals surface area contributed by atoms with Gasteiger partial charge < -0.3 is 14.8 Å². The molecule has 0 fully saturated rings. The number of rotatable bonds is 5. The molecule has 1 unspecified atom stereocenters. The van der Waals surface area contributed by atoms with Crippen molar-refractivity contribution < 1.29 is 19.1 Å². The van der Waals surface area contributed by atoms with E-state index in [4.69, 9.17) is 21.1 Å². The Labute approximate surface area is 212 Å². The normalized spacial score (nSPS) is 19.3. The number of hydrogen-bond acceptors (Lipinski definition) is 5. The molecule has 2 aromatic carbocycles. The largest absolute Gasteiger partial charge is 0.487 e. The maximum atomic E-state index is 13.5. The Kier molecular flexibility index (Phi) is 6.83. The molecular formula is C29H32ClNO4. The summed E-state index contributed by atoms with van der Waals surface area (Å²) in [6.07, 6.45) is 1.18. The third kappa shape index (κ3) is 4.87. The number of methoxy groups -OCH3 is 1. The molecule has 1 aliphatic heterocycles. The van der Waals surface area contributed by atoms with Crippen molar-refractivity contribution in [3.63, 3.8) is 0 Å². The number of para-hydroxylation sites is 1. The zero-order valence-electron chi connectivity index (χ0n) is 21.2. The topological polar surface area (TPSA) is 64.6 Å². The fraction of sp³-hybridized carbons (Fsp3) is 0.379. The second kappa shape index (κ2) is 9.54. The number of dihydropyridines is 1. The van der Waals surface area contributed by atoms with Gasteiger partial charge in [0.15, 0.2) is 5.78 Å². The van der Waals surface area contributed by atoms with Crippen molar-refractivity contribution in [1.82, 2.24) is 5.32 Å². The fourth-order valence-electron chi connectivity index (χ4n) is 5.23. The molecule has 184 valence electrons. The molecule has 1 atom stereocenters. The second-order valence-corrected chi connectivity index (χ2v) is 10.7. The van der Waals surface area contributed by atoms with Gasteiger partial charge in [-0.25, -0.2) is 4.79 Å². The Hall–Kier alpha value is -3.05. The number of allylic oxidation sites excluding steroid dienone is 3. The first-order valence-corrected chi connectivity index (χ1v) is 12.2. The van der Waals surface area contributed by atoms with Crippen LogP contribution in [0.3, 0.4) is 0 Å². The van der Waals surface area contributed by atoms with E-state index < -0.39 is 11.9 Å². The second-order valence-electron chi connectivity index (χ2n) is 10.3. The van der Waals surface area contributed by atoms with Gasteiger partial charge in [0.2, 0.25) is 0 Å². The number of ketones is 1. The first-order chi connectivity index (χ1) is 16.5. The highest BCUT2D eigenvalue weighted by atomic mass is 35.5. The smallest absolute Gasteiger partial charge is 0.336 e. The van der Waals surface area contributed by atoms with Crippen molar-refractivity contribution in [3.05, 3.63) is 86.2 Å². The number of nitrogens with one attached hydrogen (secondary N) is 1. The van der Waals surface area contributed by atoms with Gasteiger partial charge >= 0.3 is 5.97 Å². The molecule has 0 amide bonds. The number of Topliss-reactive ketones (excluding diaryl/α,β-unsaturated/α-hetero) is 1. The van der Waals surface area contributed by atoms with Crippen LogP contribution in [0.15, 0.2) is 58.9 Å². The molecule has 0 saturated carbocycles. The van der Waals surface area contributed by atoms with Gasteiger partial charge in [-0.2, -0.15) is 0 Å². The summed E-state index contributed by atoms with van der Waals surface area (Å²) < 4.78 is 11.2. The molecule has 6 heteroatoms. The molecule has 2 aliphatic rings. The maximum Gasteiger partial charge on any atom is 0.336 e. The van der Waals surface area contributed by atoms with Gasteiger partial charge in [0.05, 0.1) is 17.7 Å². The lowest BCUT2D eigenvalue weighted by Gasteiger charge is -2.39. The number of esters is 1. The molecule has 0 bridgehead atoms. The highest BCUT2D eigenvalue weighted by molar-refractivity contribution is 6.32. The summed E-state index contributed by atoms with van der Waals surface area (Å²) >= 11 is 6.28. The van der Waals surface area contributed by atoms with E-state index in [1.54, 1.807) is 6.07 Å². The first-order valence-electron chi connectivity index (χ1n) is 11.8. The van der Waals surface area contributed by atoms with E-state index in [0.29, 0.717) is 34.9 Å². The van der Waals surface area contributed by atoms with E-state index >= 15 is 0 Å². The van der Waals surface area contributed by atoms with Crippen LogP contribution in [0.4, 0.5) is 0 Å². The van der Waals surface area contributed by atoms with E-state index in [9.17, 15) is 9.59 Å². The minimum Gasteiger partial charge on any atom is -0.487 e. The monoisotopic (exact) mass is 493 g/mol. The highest BCUT2D eigenvalue weighted by Crippen LogP contribution is 2.47. The molecule has 1 heterocycles. The SMILES string of the molecule is COC(=O)C1=C(C)NC2=C(C(=O)CC(C)(C)C2)C1c1cc(COc2ccccc2Cl)c(C)cc1C. The van der Waals surface area contributed by atoms with Crippen LogP contribution in [0.5, 0.6) is 5.75 Å². The summed E-state index contributed by atoms with van der Waals surface area (Å²) in [5.41, 5.74) is 6.58. The maximum absolute atomic E-state index is 13.5. The Bertz CT molecular complexity index is 1270. The van der Waals surface area contributed by atoms with E-state index in [2.05, 4.69) is 31.3 Å². The van der Waals surface area contributed by atoms with Crippen LogP contribution in [0.25, 0.3) is 0 Å². The van der Waals surface area contributed by atoms with E-state index in [0.717, 1.165) is 40.1 Å². The Morgan fingerprint density at radius 2 is 1.83 bits per heavy atom. The van der Waals surface area contributed by atoms with Gasteiger partial charge in [0.1, 0.15) is 12.4 Å². The number of aryl methyl sites for hydroxylation is 2. The molecule has 0 spiro atoms. The number of carbonyl (C=O) groups is 2. The standard InChI is InChI=1S/C29H32ClNO4/c1-16-11-17(2)20(12-19(16)15-35-24-10-8-7-9-21(24)30)26-25(28(33)34-6)18(3)31-22-13-29(4,5)14-23(32)27(22)26/h7-12,26,31H,13-15H2,1-6H3. The lowest BCUT2D eigenvalue weighted by Crippen LogP contribution is -2.38. The van der Waals surface area contributed by atoms with Gasteiger partial charge in [-0.3, -0.25) is 4.79 Å². The lowest BCUT2D eigenvalue weighted by molar-refractivity contribution is -0.136. The van der Waals surface area contributed by atoms with Crippen LogP contribution in [0.1, 0.15) is 61.8 Å². The highest BCUT2D eigenvalue weighted by Gasteiger charge is 2.43. The summed E-state index contributed by atoms with van der Waals surface area (Å²) in [7, 11) is 1.38. The van der Waals surface area contributed by atoms with Crippen molar-refractivity contribution in [2.45, 2.75) is 60.0 Å². The fourth-order valence-corrected chi connectivity index (χ4v) is 5.42. The Morgan fingerprint density at radius 1 is 1.11 bits per heavy atom. The van der Waals surface area contributed by atoms with Crippen LogP contribution in [-0.2, 0) is 20.9 Å². The van der Waals surface area contributed by atoms with E-state index in [1.807, 2.05) is 39.0 Å². The van der Waals surface area contributed by atoms with Crippen molar-refractivity contribution >= 4 is 23.4 Å². The van der Waals surface area contributed by atoms with E-state index in [-0.39, 0.29) is 11.2 Å². The van der Waals surface area contributed by atoms with Crippen molar-refractivity contribution in [2.24, 2.45) is 5.41 Å². The summed E-state index contributed by atoms with van der Waals surface area (Å²) in [5, 5.41) is 3.91. The molecule has 1 aliphatic carbocycles. The minimum atomic E-state index is -0.498. The van der Waals surface area contributed by atoms with Gasteiger partial charge in [0, 0.05) is 29.3 Å². The predicted octanol–water partition coefficient (Wildman–Crippen LogP) is 6.31. The molecular weight excluding hydrogens is 462 g/mol. The van der Waals surface area contributed by atoms with Gasteiger partial charge in [-0.05, 0) is 67.0 Å². The average molecular weight is 494 g/mol. The zero-order chi connectivity index (χ0) is 25.5. The number of halogens is 1. The lowest BCUT2D eigenvalue weighted by atomic mass is 9.68. The third-order valence-electron chi connectivity index (χ3n) is 6.90. The molecule has 1 N–H and O–H groups in total. The average Bonchev–Trinajstić information content (AvgIpc) is 2.77. The van der Waals surface area contributed by atoms with Gasteiger partial charge in [-0.1, -0.05) is 49.7 Å². The van der Waals surface area contributed by atoms with Crippen LogP contribution in [-0.4, -0.2) is 18.9 Å². The van der Waals surface area contributed by atoms with Gasteiger partial charge in [-0.15, -0.1) is 0 Å². The van der Waals surface area contributed by atoms with Gasteiger partial charge in [0.25, 0.3) is 0 Å². The summed E-state index contributed by atoms with van der Waals surface area (Å²) in [5.74, 6) is -0.255. The van der Waals surface area contributed by atoms with E-state index in [1.165, 1.54) is 7.11 Å². The van der Waals surface area contributed by atoms with Crippen molar-refractivity contribution in [2.75, 3.05) is 7.11 Å². The zero-order valence-corrected chi connectivity index (χ0v) is 21.9. The van der Waals surface area contributed by atoms with Crippen LogP contribution in [0, 0.1) is 19.3 Å². The Balaban J connectivity index is 1.83. The summed E-state index contributed by atoms with van der Waals surface area (Å²) in [6.45, 7) is 10.4. The Morgan fingerprint density at radius 3 is 2.51 bits per heavy atom. The predicted molar refractivity (Wildman–Crippen MR) is 137 cm³/mol. The number of benzene rings is 2. The van der Waals surface area contributed by atoms with Crippen molar-refractivity contribution in [1.29, 1.82) is 0 Å². The molecule has 2 aromatic rings. The first kappa shape index (κ1) is 25.1. The quantitative estimate of drug-likeness (QED) is 0.494. The molecule has 0 radical (unpaired) electrons. The summed E-state index contributed by atoms with van der Waals surface area (Å²) in [4.78, 5) is 26.5. The third-order valence-corrected chi connectivity index (χ3v) is 7.21. The number of hydrogen-bond donors (Lipinski definition) is 1. The number of carbonyl (C=O) groups excluding carboxylic acids is 2. The van der Waals surface area contributed by atoms with Crippen LogP contribution < -0.4 is 10.1 Å². The minimum absolute atomic E-state index is 0.0662. The summed E-state index contributed by atoms with van der Waals surface area (Å²) in [6, 6.07) is 11.5. The molecule has 0 saturated heterocycles. The molecule has 5 nitrogen and oxygen atoms in total. The molecule has 0 aromatic heterocycles. The molecule has 4 rings (SSSR count). The molecule has 35 heavy (non-hydrogen) atoms.